The third-order valence-corrected chi connectivity index (χ3v) is 4.15. The molecule has 0 aliphatic heterocycles. The Balaban J connectivity index is 2.09. The maximum atomic E-state index is 10.4. The molecule has 3 nitrogen and oxygen atoms in total. The van der Waals surface area contributed by atoms with Crippen LogP contribution in [0.3, 0.4) is 0 Å². The highest BCUT2D eigenvalue weighted by atomic mass is 16.4. The summed E-state index contributed by atoms with van der Waals surface area (Å²) in [7, 11) is 2.04. The van der Waals surface area contributed by atoms with Crippen LogP contribution in [0.2, 0.25) is 0 Å². The molecule has 1 aromatic carbocycles. The second-order valence-corrected chi connectivity index (χ2v) is 6.68. The van der Waals surface area contributed by atoms with E-state index in [1.807, 2.05) is 37.4 Å². The molecule has 1 N–H and O–H groups in total. The average Bonchev–Trinajstić information content (AvgIpc) is 2.80. The van der Waals surface area contributed by atoms with Gasteiger partial charge in [-0.2, -0.15) is 0 Å². The summed E-state index contributed by atoms with van der Waals surface area (Å²) in [6, 6.07) is 10.1. The molecule has 2 aromatic rings. The largest absolute Gasteiger partial charge is 0.458 e. The second-order valence-electron chi connectivity index (χ2n) is 6.68. The van der Waals surface area contributed by atoms with Gasteiger partial charge in [0.25, 0.3) is 0 Å². The number of hydrogen-bond acceptors (Lipinski definition) is 3. The van der Waals surface area contributed by atoms with Crippen molar-refractivity contribution >= 4 is 11.0 Å². The zero-order chi connectivity index (χ0) is 14.9. The van der Waals surface area contributed by atoms with E-state index in [9.17, 15) is 5.11 Å². The van der Waals surface area contributed by atoms with Crippen molar-refractivity contribution in [3.05, 3.63) is 36.1 Å². The predicted octanol–water partition coefficient (Wildman–Crippen LogP) is 3.83. The maximum Gasteiger partial charge on any atom is 0.135 e. The molecule has 2 rings (SSSR count). The first kappa shape index (κ1) is 15.1. The summed E-state index contributed by atoms with van der Waals surface area (Å²) in [6.45, 7) is 9.38. The zero-order valence-electron chi connectivity index (χ0n) is 13.1. The van der Waals surface area contributed by atoms with Crippen molar-refractivity contribution < 1.29 is 9.52 Å². The lowest BCUT2D eigenvalue weighted by atomic mass is 9.87. The van der Waals surface area contributed by atoms with Gasteiger partial charge in [-0.15, -0.1) is 0 Å². The summed E-state index contributed by atoms with van der Waals surface area (Å²) in [5.74, 6) is 0.638. The molecular weight excluding hydrogens is 250 g/mol. The van der Waals surface area contributed by atoms with Gasteiger partial charge < -0.3 is 14.4 Å². The fraction of sp³-hybridized carbons (Fsp3) is 0.529. The summed E-state index contributed by atoms with van der Waals surface area (Å²) in [4.78, 5) is 2.18. The van der Waals surface area contributed by atoms with Crippen LogP contribution in [0.25, 0.3) is 11.0 Å². The number of para-hydroxylation sites is 1. The Labute approximate surface area is 121 Å². The lowest BCUT2D eigenvalue weighted by Crippen LogP contribution is -2.41. The van der Waals surface area contributed by atoms with Gasteiger partial charge in [-0.25, -0.2) is 0 Å². The molecule has 2 unspecified atom stereocenters. The minimum Gasteiger partial charge on any atom is -0.458 e. The van der Waals surface area contributed by atoms with E-state index in [0.29, 0.717) is 18.3 Å². The van der Waals surface area contributed by atoms with Gasteiger partial charge in [-0.05, 0) is 31.5 Å². The molecule has 3 heteroatoms. The zero-order valence-corrected chi connectivity index (χ0v) is 13.1. The Bertz CT molecular complexity index is 535. The number of benzene rings is 1. The molecule has 0 spiro atoms. The lowest BCUT2D eigenvalue weighted by Gasteiger charge is -2.36. The first-order chi connectivity index (χ1) is 9.29. The van der Waals surface area contributed by atoms with Crippen LogP contribution in [-0.2, 0) is 0 Å². The SMILES string of the molecule is CC(N(C)CC(O)c1cc2ccccc2o1)C(C)(C)C. The topological polar surface area (TPSA) is 36.6 Å². The van der Waals surface area contributed by atoms with Crippen molar-refractivity contribution in [3.8, 4) is 0 Å². The highest BCUT2D eigenvalue weighted by molar-refractivity contribution is 5.77. The molecule has 2 atom stereocenters. The molecule has 0 radical (unpaired) electrons. The van der Waals surface area contributed by atoms with Gasteiger partial charge >= 0.3 is 0 Å². The van der Waals surface area contributed by atoms with Crippen molar-refractivity contribution in [1.29, 1.82) is 0 Å². The molecule has 0 saturated heterocycles. The monoisotopic (exact) mass is 275 g/mol. The summed E-state index contributed by atoms with van der Waals surface area (Å²) in [6.07, 6.45) is -0.600. The number of hydrogen-bond donors (Lipinski definition) is 1. The van der Waals surface area contributed by atoms with E-state index in [2.05, 4.69) is 32.6 Å². The van der Waals surface area contributed by atoms with Crippen molar-refractivity contribution in [2.75, 3.05) is 13.6 Å². The molecule has 0 amide bonds. The molecule has 20 heavy (non-hydrogen) atoms. The summed E-state index contributed by atoms with van der Waals surface area (Å²) < 4.78 is 5.72. The first-order valence-corrected chi connectivity index (χ1v) is 7.16. The highest BCUT2D eigenvalue weighted by Crippen LogP contribution is 2.27. The molecular formula is C17H25NO2. The van der Waals surface area contributed by atoms with Crippen LogP contribution < -0.4 is 0 Å². The van der Waals surface area contributed by atoms with Gasteiger partial charge in [0.15, 0.2) is 0 Å². The highest BCUT2D eigenvalue weighted by Gasteiger charge is 2.26. The van der Waals surface area contributed by atoms with Crippen LogP contribution in [0, 0.1) is 5.41 Å². The van der Waals surface area contributed by atoms with Gasteiger partial charge in [0, 0.05) is 18.0 Å². The summed E-state index contributed by atoms with van der Waals surface area (Å²) in [5, 5.41) is 11.4. The van der Waals surface area contributed by atoms with E-state index in [1.54, 1.807) is 0 Å². The lowest BCUT2D eigenvalue weighted by molar-refractivity contribution is 0.0611. The first-order valence-electron chi connectivity index (χ1n) is 7.16. The number of aliphatic hydroxyl groups is 1. The summed E-state index contributed by atoms with van der Waals surface area (Å²) >= 11 is 0. The minimum atomic E-state index is -0.600. The Morgan fingerprint density at radius 1 is 1.25 bits per heavy atom. The molecule has 0 saturated carbocycles. The van der Waals surface area contributed by atoms with Crippen LogP contribution in [-0.4, -0.2) is 29.6 Å². The van der Waals surface area contributed by atoms with Gasteiger partial charge in [0.2, 0.25) is 0 Å². The molecule has 1 heterocycles. The molecule has 110 valence electrons. The van der Waals surface area contributed by atoms with Crippen LogP contribution in [0.5, 0.6) is 0 Å². The van der Waals surface area contributed by atoms with E-state index in [-0.39, 0.29) is 5.41 Å². The molecule has 0 bridgehead atoms. The normalized spacial score (nSPS) is 15.8. The second kappa shape index (κ2) is 5.58. The van der Waals surface area contributed by atoms with Gasteiger partial charge in [-0.1, -0.05) is 39.0 Å². The average molecular weight is 275 g/mol. The third kappa shape index (κ3) is 3.22. The standard InChI is InChI=1S/C17H25NO2/c1-12(17(2,3)4)18(5)11-14(19)16-10-13-8-6-7-9-15(13)20-16/h6-10,12,14,19H,11H2,1-5H3. The van der Waals surface area contributed by atoms with Crippen LogP contribution >= 0.6 is 0 Å². The molecule has 0 aliphatic carbocycles. The quantitative estimate of drug-likeness (QED) is 0.921. The van der Waals surface area contributed by atoms with Crippen molar-refractivity contribution in [2.24, 2.45) is 5.41 Å². The minimum absolute atomic E-state index is 0.183. The van der Waals surface area contributed by atoms with E-state index in [4.69, 9.17) is 4.42 Å². The van der Waals surface area contributed by atoms with Crippen LogP contribution in [0.1, 0.15) is 39.6 Å². The number of aliphatic hydroxyl groups excluding tert-OH is 1. The van der Waals surface area contributed by atoms with Crippen LogP contribution in [0.4, 0.5) is 0 Å². The van der Waals surface area contributed by atoms with Crippen molar-refractivity contribution in [1.82, 2.24) is 4.90 Å². The Hall–Kier alpha value is -1.32. The van der Waals surface area contributed by atoms with E-state index in [1.165, 1.54) is 0 Å². The van der Waals surface area contributed by atoms with Crippen molar-refractivity contribution in [3.63, 3.8) is 0 Å². The predicted molar refractivity (Wildman–Crippen MR) is 82.7 cm³/mol. The van der Waals surface area contributed by atoms with E-state index >= 15 is 0 Å². The summed E-state index contributed by atoms with van der Waals surface area (Å²) in [5.41, 5.74) is 1.01. The van der Waals surface area contributed by atoms with Gasteiger partial charge in [0.1, 0.15) is 17.4 Å². The number of likely N-dealkylation sites (N-methyl/N-ethyl adjacent to an activating group) is 1. The number of nitrogens with zero attached hydrogens (tertiary/aromatic N) is 1. The fourth-order valence-electron chi connectivity index (χ4n) is 2.35. The van der Waals surface area contributed by atoms with Crippen LogP contribution in [0.15, 0.2) is 34.7 Å². The third-order valence-electron chi connectivity index (χ3n) is 4.15. The van der Waals surface area contributed by atoms with Gasteiger partial charge in [0.05, 0.1) is 0 Å². The van der Waals surface area contributed by atoms with E-state index in [0.717, 1.165) is 11.0 Å². The van der Waals surface area contributed by atoms with Gasteiger partial charge in [-0.3, -0.25) is 0 Å². The molecule has 1 aromatic heterocycles. The number of fused-ring (bicyclic) bond motifs is 1. The Kier molecular flexibility index (Phi) is 4.21. The molecule has 0 aliphatic rings. The van der Waals surface area contributed by atoms with Crippen molar-refractivity contribution in [2.45, 2.75) is 39.8 Å². The maximum absolute atomic E-state index is 10.4. The smallest absolute Gasteiger partial charge is 0.135 e. The molecule has 0 fully saturated rings. The Morgan fingerprint density at radius 2 is 1.90 bits per heavy atom. The Morgan fingerprint density at radius 3 is 2.50 bits per heavy atom. The number of furan rings is 1. The van der Waals surface area contributed by atoms with E-state index < -0.39 is 6.10 Å². The fourth-order valence-corrected chi connectivity index (χ4v) is 2.35. The number of rotatable bonds is 4.